The number of aldehydes is 1. The van der Waals surface area contributed by atoms with Crippen LogP contribution in [0.2, 0.25) is 0 Å². The summed E-state index contributed by atoms with van der Waals surface area (Å²) in [6.07, 6.45) is 0.609. The molecule has 3 aliphatic rings. The average molecular weight is 747 g/mol. The number of morpholine rings is 1. The maximum Gasteiger partial charge on any atom is 0.586 e. The lowest BCUT2D eigenvalue weighted by molar-refractivity contribution is -0.286. The molecule has 0 amide bonds. The van der Waals surface area contributed by atoms with Gasteiger partial charge in [0.15, 0.2) is 29.4 Å². The van der Waals surface area contributed by atoms with E-state index in [0.717, 1.165) is 32.4 Å². The number of aryl methyl sites for hydroxylation is 2. The second kappa shape index (κ2) is 14.8. The van der Waals surface area contributed by atoms with Crippen LogP contribution in [-0.2, 0) is 22.5 Å². The number of thioether (sulfide) groups is 1. The van der Waals surface area contributed by atoms with E-state index in [-0.39, 0.29) is 46.4 Å². The molecule has 2 aliphatic heterocycles. The van der Waals surface area contributed by atoms with Crippen molar-refractivity contribution in [2.24, 2.45) is 13.0 Å². The van der Waals surface area contributed by atoms with Crippen LogP contribution in [0.4, 0.5) is 22.0 Å². The van der Waals surface area contributed by atoms with Crippen molar-refractivity contribution in [2.45, 2.75) is 24.4 Å². The van der Waals surface area contributed by atoms with E-state index in [9.17, 15) is 27.5 Å². The Morgan fingerprint density at radius 1 is 1.04 bits per heavy atom. The quantitative estimate of drug-likeness (QED) is 0.152. The topological polar surface area (TPSA) is 112 Å². The van der Waals surface area contributed by atoms with Gasteiger partial charge in [-0.2, -0.15) is 25.6 Å². The van der Waals surface area contributed by atoms with Crippen LogP contribution in [-0.4, -0.2) is 88.8 Å². The fraction of sp³-hybridized carbons (Fsp3) is 0.361. The van der Waals surface area contributed by atoms with E-state index in [1.165, 1.54) is 47.8 Å². The number of fused-ring (bicyclic) bond motifs is 1. The van der Waals surface area contributed by atoms with E-state index < -0.39 is 35.9 Å². The highest BCUT2D eigenvalue weighted by Gasteiger charge is 2.43. The predicted molar refractivity (Wildman–Crippen MR) is 184 cm³/mol. The Morgan fingerprint density at radius 3 is 2.40 bits per heavy atom. The summed E-state index contributed by atoms with van der Waals surface area (Å²) in [5.74, 6) is -5.10. The maximum absolute atomic E-state index is 15.1. The first kappa shape index (κ1) is 37.3. The number of aliphatic hydroxyl groups is 1. The molecule has 1 aliphatic carbocycles. The van der Waals surface area contributed by atoms with Crippen molar-refractivity contribution in [1.29, 1.82) is 0 Å². The van der Waals surface area contributed by atoms with Crippen molar-refractivity contribution in [3.8, 4) is 45.3 Å². The Kier molecular flexibility index (Phi) is 10.6. The molecule has 2 atom stereocenters. The zero-order valence-corrected chi connectivity index (χ0v) is 29.4. The number of alkyl halides is 4. The molecule has 1 N–H and O–H groups in total. The van der Waals surface area contributed by atoms with Gasteiger partial charge in [-0.25, -0.2) is 9.37 Å². The zero-order chi connectivity index (χ0) is 37.4. The smallest absolute Gasteiger partial charge is 0.440 e. The van der Waals surface area contributed by atoms with Crippen molar-refractivity contribution in [1.82, 2.24) is 19.7 Å². The first-order valence-corrected chi connectivity index (χ1v) is 17.4. The molecule has 4 heterocycles. The van der Waals surface area contributed by atoms with Crippen LogP contribution < -0.4 is 9.47 Å². The third kappa shape index (κ3) is 7.65. The summed E-state index contributed by atoms with van der Waals surface area (Å²) < 4.78 is 92.7. The Bertz CT molecular complexity index is 2020. The largest absolute Gasteiger partial charge is 0.586 e. The number of nitrogens with zero attached hydrogens (tertiary/aromatic N) is 4. The molecule has 52 heavy (non-hydrogen) atoms. The summed E-state index contributed by atoms with van der Waals surface area (Å²) in [5.41, 5.74) is 1.68. The van der Waals surface area contributed by atoms with E-state index in [1.807, 2.05) is 6.08 Å². The lowest BCUT2D eigenvalue weighted by Crippen LogP contribution is -2.32. The molecule has 2 unspecified atom stereocenters. The first-order chi connectivity index (χ1) is 24.7. The Hall–Kier alpha value is -4.51. The number of aliphatic hydroxyl groups excluding tert-OH is 1. The highest BCUT2D eigenvalue weighted by Crippen LogP contribution is 2.46. The molecule has 10 nitrogen and oxygen atoms in total. The van der Waals surface area contributed by atoms with Crippen molar-refractivity contribution < 1.29 is 50.5 Å². The zero-order valence-electron chi connectivity index (χ0n) is 28.5. The van der Waals surface area contributed by atoms with Gasteiger partial charge in [0.1, 0.15) is 17.2 Å². The molecule has 2 aromatic carbocycles. The van der Waals surface area contributed by atoms with E-state index in [2.05, 4.69) is 31.5 Å². The fourth-order valence-corrected chi connectivity index (χ4v) is 6.82. The van der Waals surface area contributed by atoms with Gasteiger partial charge in [-0.05, 0) is 60.8 Å². The normalized spacial score (nSPS) is 19.8. The molecule has 276 valence electrons. The van der Waals surface area contributed by atoms with Gasteiger partial charge in [0, 0.05) is 54.9 Å². The van der Waals surface area contributed by atoms with E-state index in [1.54, 1.807) is 31.4 Å². The van der Waals surface area contributed by atoms with Gasteiger partial charge in [-0.15, -0.1) is 8.78 Å². The van der Waals surface area contributed by atoms with Gasteiger partial charge in [-0.1, -0.05) is 18.2 Å². The van der Waals surface area contributed by atoms with Gasteiger partial charge in [0.25, 0.3) is 0 Å². The van der Waals surface area contributed by atoms with E-state index in [0.29, 0.717) is 27.8 Å². The SMILES string of the molecule is CN1CCOCC1.CSC1C=C(c2ccc(-c3cc(C(F)(F)C=O)nn3C)c(-c3oc(C)nc3-c3ccc4c(c3)OC(F)(F)O4)c2)C=C(F)C1CO. The van der Waals surface area contributed by atoms with Gasteiger partial charge in [0.05, 0.1) is 25.5 Å². The molecule has 1 saturated heterocycles. The molecule has 7 rings (SSSR count). The summed E-state index contributed by atoms with van der Waals surface area (Å²) in [6, 6.07) is 10.1. The van der Waals surface area contributed by atoms with Crippen LogP contribution in [0, 0.1) is 12.8 Å². The first-order valence-electron chi connectivity index (χ1n) is 16.1. The predicted octanol–water partition coefficient (Wildman–Crippen LogP) is 6.87. The van der Waals surface area contributed by atoms with Gasteiger partial charge in [0.2, 0.25) is 0 Å². The lowest BCUT2D eigenvalue weighted by atomic mass is 9.89. The number of rotatable bonds is 8. The number of hydrogen-bond donors (Lipinski definition) is 1. The minimum absolute atomic E-state index is 0.149. The number of carbonyl (C=O) groups excluding carboxylic acids is 1. The van der Waals surface area contributed by atoms with Crippen LogP contribution in [0.3, 0.4) is 0 Å². The number of aromatic nitrogens is 3. The summed E-state index contributed by atoms with van der Waals surface area (Å²) >= 11 is 1.37. The molecule has 4 aromatic rings. The Morgan fingerprint density at radius 2 is 1.75 bits per heavy atom. The molecular weight excluding hydrogens is 711 g/mol. The van der Waals surface area contributed by atoms with Crippen molar-refractivity contribution in [3.05, 3.63) is 77.6 Å². The third-order valence-corrected chi connectivity index (χ3v) is 9.75. The molecule has 0 spiro atoms. The number of carbonyl (C=O) groups is 1. The second-order valence-electron chi connectivity index (χ2n) is 12.3. The van der Waals surface area contributed by atoms with Crippen LogP contribution in [0.25, 0.3) is 39.4 Å². The summed E-state index contributed by atoms with van der Waals surface area (Å²) in [7, 11) is 3.55. The maximum atomic E-state index is 15.1. The van der Waals surface area contributed by atoms with Crippen LogP contribution in [0.15, 0.2) is 64.9 Å². The fourth-order valence-electron chi connectivity index (χ4n) is 5.99. The van der Waals surface area contributed by atoms with Crippen LogP contribution in [0.5, 0.6) is 11.5 Å². The van der Waals surface area contributed by atoms with Crippen molar-refractivity contribution >= 4 is 23.6 Å². The van der Waals surface area contributed by atoms with E-state index in [4.69, 9.17) is 9.15 Å². The number of likely N-dealkylation sites (N-methyl/N-ethyl adjacent to an activating group) is 1. The van der Waals surface area contributed by atoms with E-state index >= 15 is 4.39 Å². The number of allylic oxidation sites excluding steroid dienone is 2. The van der Waals surface area contributed by atoms with Gasteiger partial charge in [-0.3, -0.25) is 9.48 Å². The van der Waals surface area contributed by atoms with Gasteiger partial charge >= 0.3 is 12.2 Å². The van der Waals surface area contributed by atoms with Crippen molar-refractivity contribution in [3.63, 3.8) is 0 Å². The molecular formula is C36H35F5N4O6S. The second-order valence-corrected chi connectivity index (χ2v) is 13.4. The molecule has 2 aromatic heterocycles. The molecule has 16 heteroatoms. The number of hydrogen-bond acceptors (Lipinski definition) is 10. The molecule has 1 fully saturated rings. The summed E-state index contributed by atoms with van der Waals surface area (Å²) in [6.45, 7) is 5.22. The average Bonchev–Trinajstić information content (AvgIpc) is 3.80. The van der Waals surface area contributed by atoms with Gasteiger partial charge < -0.3 is 28.6 Å². The third-order valence-electron chi connectivity index (χ3n) is 8.74. The lowest BCUT2D eigenvalue weighted by Gasteiger charge is -2.25. The summed E-state index contributed by atoms with van der Waals surface area (Å²) in [4.78, 5) is 17.8. The van der Waals surface area contributed by atoms with Crippen molar-refractivity contribution in [2.75, 3.05) is 46.2 Å². The number of ether oxygens (including phenoxy) is 3. The highest BCUT2D eigenvalue weighted by atomic mass is 32.2. The standard InChI is InChI=1S/C31H24F5N3O5S.C5H11NO/c1-15-37-28(17-5-7-24-25(10-17)44-31(35,36)43-24)29(42-15)20-8-16(18-9-22(32)21(13-40)26(11-18)45-3)4-6-19(20)23-12-27(38-39(23)2)30(33,34)14-41;1-6-2-4-7-5-3-6/h4-12,14,21,26,40H,13H2,1-3H3;2-5H2,1H3. The minimum Gasteiger partial charge on any atom is -0.440 e. The minimum atomic E-state index is -3.84. The monoisotopic (exact) mass is 746 g/mol. The molecule has 0 bridgehead atoms. The number of benzene rings is 2. The Balaban J connectivity index is 0.000000594. The molecule has 0 radical (unpaired) electrons. The number of oxazole rings is 1. The highest BCUT2D eigenvalue weighted by molar-refractivity contribution is 7.99. The number of halogens is 5. The van der Waals surface area contributed by atoms with Crippen LogP contribution in [0.1, 0.15) is 17.1 Å². The van der Waals surface area contributed by atoms with Crippen LogP contribution >= 0.6 is 11.8 Å². The molecule has 0 saturated carbocycles. The summed E-state index contributed by atoms with van der Waals surface area (Å²) in [5, 5.41) is 13.2. The Labute approximate surface area is 299 Å².